The number of methoxy groups -OCH3 is 1. The number of amides is 1. The van der Waals surface area contributed by atoms with E-state index in [9.17, 15) is 13.6 Å². The van der Waals surface area contributed by atoms with Gasteiger partial charge >= 0.3 is 0 Å². The molecule has 2 aliphatic heterocycles. The third kappa shape index (κ3) is 4.52. The number of ether oxygens (including phenoxy) is 1. The second kappa shape index (κ2) is 8.85. The number of likely N-dealkylation sites (tertiary alicyclic amines) is 1. The van der Waals surface area contributed by atoms with Crippen molar-refractivity contribution in [1.82, 2.24) is 14.7 Å². The molecular weight excluding hydrogens is 402 g/mol. The van der Waals surface area contributed by atoms with E-state index >= 15 is 0 Å². The van der Waals surface area contributed by atoms with Crippen LogP contribution in [0.15, 0.2) is 24.3 Å². The van der Waals surface area contributed by atoms with Gasteiger partial charge in [-0.2, -0.15) is 5.10 Å². The summed E-state index contributed by atoms with van der Waals surface area (Å²) in [5.74, 6) is 1.67. The van der Waals surface area contributed by atoms with E-state index in [4.69, 9.17) is 4.74 Å². The lowest BCUT2D eigenvalue weighted by Crippen LogP contribution is -2.48. The van der Waals surface area contributed by atoms with Crippen LogP contribution in [-0.4, -0.2) is 53.3 Å². The standard InChI is InChI=1S/C23H30F2N4O2/c1-14-9-16(6-7-20(14)31-3)11-22(30)28-8-4-5-17(13-28)18-12-19(23(24)25)29-21(26-18)10-15(2)27-29/h6-7,9-10,17-19,23,26H,4-5,8,11-13H2,1-3H3/t17-,18-,19+/m0/s1. The molecular formula is C23H30F2N4O2. The summed E-state index contributed by atoms with van der Waals surface area (Å²) in [5.41, 5.74) is 2.68. The predicted octanol–water partition coefficient (Wildman–Crippen LogP) is 3.98. The molecule has 2 aromatic rings. The number of hydrogen-bond donors (Lipinski definition) is 1. The number of carbonyl (C=O) groups is 1. The zero-order chi connectivity index (χ0) is 22.1. The minimum absolute atomic E-state index is 0.0800. The molecule has 1 aromatic carbocycles. The minimum Gasteiger partial charge on any atom is -0.496 e. The summed E-state index contributed by atoms with van der Waals surface area (Å²) in [7, 11) is 1.63. The highest BCUT2D eigenvalue weighted by Gasteiger charge is 2.38. The lowest BCUT2D eigenvalue weighted by Gasteiger charge is -2.41. The van der Waals surface area contributed by atoms with Gasteiger partial charge in [-0.05, 0) is 56.2 Å². The number of carbonyl (C=O) groups excluding carboxylic acids is 1. The molecule has 2 aliphatic rings. The van der Waals surface area contributed by atoms with E-state index in [1.54, 1.807) is 7.11 Å². The number of halogens is 2. The third-order valence-electron chi connectivity index (χ3n) is 6.49. The van der Waals surface area contributed by atoms with Crippen LogP contribution in [0.25, 0.3) is 0 Å². The first-order chi connectivity index (χ1) is 14.9. The summed E-state index contributed by atoms with van der Waals surface area (Å²) in [4.78, 5) is 14.9. The molecule has 0 unspecified atom stereocenters. The summed E-state index contributed by atoms with van der Waals surface area (Å²) in [6, 6.07) is 6.59. The normalized spacial score (nSPS) is 23.4. The number of piperidine rings is 1. The average molecular weight is 433 g/mol. The number of rotatable bonds is 5. The second-order valence-electron chi connectivity index (χ2n) is 8.73. The smallest absolute Gasteiger partial charge is 0.260 e. The quantitative estimate of drug-likeness (QED) is 0.777. The first kappa shape index (κ1) is 21.6. The van der Waals surface area contributed by atoms with Crippen molar-refractivity contribution in [2.24, 2.45) is 5.92 Å². The Morgan fingerprint density at radius 2 is 2.13 bits per heavy atom. The number of nitrogens with zero attached hydrogens (tertiary/aromatic N) is 3. The van der Waals surface area contributed by atoms with Crippen molar-refractivity contribution in [2.45, 2.75) is 58.0 Å². The molecule has 1 saturated heterocycles. The number of aromatic nitrogens is 2. The van der Waals surface area contributed by atoms with Crippen LogP contribution in [0.2, 0.25) is 0 Å². The molecule has 4 rings (SSSR count). The van der Waals surface area contributed by atoms with Crippen molar-refractivity contribution >= 4 is 11.7 Å². The summed E-state index contributed by atoms with van der Waals surface area (Å²) in [5, 5.41) is 7.66. The number of hydrogen-bond acceptors (Lipinski definition) is 4. The highest BCUT2D eigenvalue weighted by atomic mass is 19.3. The Morgan fingerprint density at radius 1 is 1.32 bits per heavy atom. The maximum atomic E-state index is 13.7. The lowest BCUT2D eigenvalue weighted by molar-refractivity contribution is -0.132. The van der Waals surface area contributed by atoms with Crippen molar-refractivity contribution in [1.29, 1.82) is 0 Å². The summed E-state index contributed by atoms with van der Waals surface area (Å²) in [6.07, 6.45) is -0.0143. The molecule has 1 fully saturated rings. The van der Waals surface area contributed by atoms with Gasteiger partial charge in [0.05, 0.1) is 19.2 Å². The van der Waals surface area contributed by atoms with Crippen LogP contribution >= 0.6 is 0 Å². The van der Waals surface area contributed by atoms with E-state index in [0.717, 1.165) is 35.4 Å². The van der Waals surface area contributed by atoms with Gasteiger partial charge < -0.3 is 15.0 Å². The number of anilines is 1. The SMILES string of the molecule is COc1ccc(CC(=O)N2CCC[C@H]([C@@H]3C[C@H](C(F)F)n4nc(C)cc4N3)C2)cc1C. The zero-order valence-corrected chi connectivity index (χ0v) is 18.3. The van der Waals surface area contributed by atoms with Gasteiger partial charge in [0, 0.05) is 25.2 Å². The van der Waals surface area contributed by atoms with Crippen LogP contribution < -0.4 is 10.1 Å². The fraction of sp³-hybridized carbons (Fsp3) is 0.565. The molecule has 1 aromatic heterocycles. The molecule has 0 radical (unpaired) electrons. The minimum atomic E-state index is -2.47. The van der Waals surface area contributed by atoms with Crippen LogP contribution in [0.1, 0.15) is 42.1 Å². The van der Waals surface area contributed by atoms with Crippen molar-refractivity contribution in [3.05, 3.63) is 41.1 Å². The van der Waals surface area contributed by atoms with Crippen molar-refractivity contribution in [3.63, 3.8) is 0 Å². The summed E-state index contributed by atoms with van der Waals surface area (Å²) < 4.78 is 34.2. The second-order valence-corrected chi connectivity index (χ2v) is 8.73. The highest BCUT2D eigenvalue weighted by Crippen LogP contribution is 2.36. The van der Waals surface area contributed by atoms with E-state index < -0.39 is 12.5 Å². The first-order valence-electron chi connectivity index (χ1n) is 10.9. The van der Waals surface area contributed by atoms with E-state index in [1.165, 1.54) is 4.68 Å². The fourth-order valence-electron chi connectivity index (χ4n) is 4.91. The largest absolute Gasteiger partial charge is 0.496 e. The van der Waals surface area contributed by atoms with Crippen molar-refractivity contribution in [2.75, 3.05) is 25.5 Å². The first-order valence-corrected chi connectivity index (χ1v) is 10.9. The molecule has 1 amide bonds. The van der Waals surface area contributed by atoms with Gasteiger partial charge in [0.15, 0.2) is 0 Å². The Bertz CT molecular complexity index is 946. The Kier molecular flexibility index (Phi) is 6.16. The van der Waals surface area contributed by atoms with Gasteiger partial charge in [-0.3, -0.25) is 4.79 Å². The lowest BCUT2D eigenvalue weighted by atomic mass is 9.85. The van der Waals surface area contributed by atoms with Crippen molar-refractivity contribution in [3.8, 4) is 5.75 Å². The number of benzene rings is 1. The van der Waals surface area contributed by atoms with Gasteiger partial charge in [0.1, 0.15) is 17.6 Å². The molecule has 0 bridgehead atoms. The van der Waals surface area contributed by atoms with E-state index in [-0.39, 0.29) is 17.9 Å². The molecule has 3 heterocycles. The Morgan fingerprint density at radius 3 is 2.84 bits per heavy atom. The van der Waals surface area contributed by atoms with Crippen molar-refractivity contribution < 1.29 is 18.3 Å². The molecule has 3 atom stereocenters. The van der Waals surface area contributed by atoms with Gasteiger partial charge in [-0.25, -0.2) is 13.5 Å². The number of alkyl halides is 2. The number of nitrogens with one attached hydrogen (secondary N) is 1. The maximum Gasteiger partial charge on any atom is 0.260 e. The van der Waals surface area contributed by atoms with E-state index in [1.807, 2.05) is 43.0 Å². The van der Waals surface area contributed by atoms with Crippen LogP contribution in [0.4, 0.5) is 14.6 Å². The molecule has 0 aliphatic carbocycles. The fourth-order valence-corrected chi connectivity index (χ4v) is 4.91. The van der Waals surface area contributed by atoms with Crippen LogP contribution in [0.5, 0.6) is 5.75 Å². The average Bonchev–Trinajstić information content (AvgIpc) is 3.13. The Balaban J connectivity index is 1.43. The van der Waals surface area contributed by atoms with Gasteiger partial charge in [0.25, 0.3) is 6.43 Å². The monoisotopic (exact) mass is 432 g/mol. The van der Waals surface area contributed by atoms with Crippen LogP contribution in [0.3, 0.4) is 0 Å². The highest BCUT2D eigenvalue weighted by molar-refractivity contribution is 5.79. The van der Waals surface area contributed by atoms with Gasteiger partial charge in [0.2, 0.25) is 5.91 Å². The third-order valence-corrected chi connectivity index (χ3v) is 6.49. The molecule has 168 valence electrons. The van der Waals surface area contributed by atoms with Gasteiger partial charge in [-0.15, -0.1) is 0 Å². The zero-order valence-electron chi connectivity index (χ0n) is 18.3. The molecule has 8 heteroatoms. The molecule has 0 saturated carbocycles. The van der Waals surface area contributed by atoms with E-state index in [2.05, 4.69) is 10.4 Å². The molecule has 6 nitrogen and oxygen atoms in total. The molecule has 31 heavy (non-hydrogen) atoms. The predicted molar refractivity (Wildman–Crippen MR) is 115 cm³/mol. The van der Waals surface area contributed by atoms with Gasteiger partial charge in [-0.1, -0.05) is 12.1 Å². The Hall–Kier alpha value is -2.64. The topological polar surface area (TPSA) is 59.4 Å². The van der Waals surface area contributed by atoms with Crippen LogP contribution in [0, 0.1) is 19.8 Å². The summed E-state index contributed by atoms with van der Waals surface area (Å²) in [6.45, 7) is 5.08. The molecule has 1 N–H and O–H groups in total. The number of fused-ring (bicyclic) bond motifs is 1. The maximum absolute atomic E-state index is 13.7. The Labute approximate surface area is 181 Å². The number of aryl methyl sites for hydroxylation is 2. The van der Waals surface area contributed by atoms with Crippen LogP contribution in [-0.2, 0) is 11.2 Å². The molecule has 0 spiro atoms. The van der Waals surface area contributed by atoms with E-state index in [0.29, 0.717) is 31.7 Å². The summed E-state index contributed by atoms with van der Waals surface area (Å²) >= 11 is 0.